The lowest BCUT2D eigenvalue weighted by Crippen LogP contribution is -2.54. The summed E-state index contributed by atoms with van der Waals surface area (Å²) in [6.45, 7) is 6.49. The van der Waals surface area contributed by atoms with Crippen molar-refractivity contribution in [2.75, 3.05) is 19.6 Å². The monoisotopic (exact) mass is 240 g/mol. The van der Waals surface area contributed by atoms with Gasteiger partial charge in [-0.3, -0.25) is 4.79 Å². The van der Waals surface area contributed by atoms with Gasteiger partial charge in [0.25, 0.3) is 0 Å². The van der Waals surface area contributed by atoms with E-state index in [1.165, 1.54) is 0 Å². The maximum Gasteiger partial charge on any atom is 0.239 e. The van der Waals surface area contributed by atoms with Gasteiger partial charge in [-0.05, 0) is 37.6 Å². The number of β-amino-alcohol motifs (C(OH)–C–C–N with tert-alkyl or cyclic N) is 1. The highest BCUT2D eigenvalue weighted by Crippen LogP contribution is 2.21. The summed E-state index contributed by atoms with van der Waals surface area (Å²) in [5.41, 5.74) is 0. The Morgan fingerprint density at radius 3 is 2.76 bits per heavy atom. The predicted octanol–water partition coefficient (Wildman–Crippen LogP) is 0.604. The number of hydrogen-bond donors (Lipinski definition) is 2. The molecule has 2 aliphatic heterocycles. The van der Waals surface area contributed by atoms with E-state index < -0.39 is 0 Å². The molecule has 4 nitrogen and oxygen atoms in total. The number of aliphatic hydroxyl groups excluding tert-OH is 1. The molecule has 4 unspecified atom stereocenters. The lowest BCUT2D eigenvalue weighted by atomic mass is 9.91. The molecular formula is C13H24N2O2. The van der Waals surface area contributed by atoms with E-state index in [1.54, 1.807) is 0 Å². The van der Waals surface area contributed by atoms with Gasteiger partial charge in [0.2, 0.25) is 5.91 Å². The molecule has 4 heteroatoms. The molecule has 0 aromatic carbocycles. The molecule has 0 spiro atoms. The van der Waals surface area contributed by atoms with Crippen molar-refractivity contribution in [3.63, 3.8) is 0 Å². The van der Waals surface area contributed by atoms with Gasteiger partial charge in [0, 0.05) is 13.1 Å². The number of aliphatic hydroxyl groups is 1. The molecule has 17 heavy (non-hydrogen) atoms. The normalized spacial score (nSPS) is 39.1. The van der Waals surface area contributed by atoms with Gasteiger partial charge < -0.3 is 15.3 Å². The summed E-state index contributed by atoms with van der Waals surface area (Å²) in [6.07, 6.45) is 2.65. The molecule has 2 saturated heterocycles. The second-order valence-corrected chi connectivity index (χ2v) is 5.75. The summed E-state index contributed by atoms with van der Waals surface area (Å²) in [6, 6.07) is -0.0284. The smallest absolute Gasteiger partial charge is 0.239 e. The zero-order valence-corrected chi connectivity index (χ0v) is 10.9. The summed E-state index contributed by atoms with van der Waals surface area (Å²) in [5.74, 6) is 1.12. The minimum Gasteiger partial charge on any atom is -0.391 e. The standard InChI is InChI=1S/C13H24N2O2/c1-9-3-5-14-11(7-9)13(17)15-6-4-10(2)12(16)8-15/h9-12,14,16H,3-8H2,1-2H3. The molecule has 0 aromatic rings. The fourth-order valence-electron chi connectivity index (χ4n) is 2.77. The van der Waals surface area contributed by atoms with E-state index in [0.717, 1.165) is 32.4 Å². The maximum atomic E-state index is 12.3. The van der Waals surface area contributed by atoms with Crippen molar-refractivity contribution in [2.45, 2.75) is 45.3 Å². The minimum absolute atomic E-state index is 0.0284. The quantitative estimate of drug-likeness (QED) is 0.706. The Morgan fingerprint density at radius 1 is 1.35 bits per heavy atom. The summed E-state index contributed by atoms with van der Waals surface area (Å²) in [7, 11) is 0. The number of nitrogens with zero attached hydrogens (tertiary/aromatic N) is 1. The highest BCUT2D eigenvalue weighted by Gasteiger charge is 2.32. The zero-order valence-electron chi connectivity index (χ0n) is 10.9. The number of amides is 1. The summed E-state index contributed by atoms with van der Waals surface area (Å²) in [4.78, 5) is 14.1. The molecule has 2 fully saturated rings. The lowest BCUT2D eigenvalue weighted by Gasteiger charge is -2.38. The largest absolute Gasteiger partial charge is 0.391 e. The van der Waals surface area contributed by atoms with Gasteiger partial charge in [-0.25, -0.2) is 0 Å². The highest BCUT2D eigenvalue weighted by atomic mass is 16.3. The number of piperidine rings is 2. The zero-order chi connectivity index (χ0) is 12.4. The molecule has 4 atom stereocenters. The van der Waals surface area contributed by atoms with E-state index in [4.69, 9.17) is 0 Å². The molecule has 98 valence electrons. The van der Waals surface area contributed by atoms with Gasteiger partial charge in [-0.2, -0.15) is 0 Å². The van der Waals surface area contributed by atoms with Crippen LogP contribution in [0.5, 0.6) is 0 Å². The fraction of sp³-hybridized carbons (Fsp3) is 0.923. The van der Waals surface area contributed by atoms with Crippen LogP contribution in [0.15, 0.2) is 0 Å². The first-order valence-corrected chi connectivity index (χ1v) is 6.78. The Bertz CT molecular complexity index is 283. The Kier molecular flexibility index (Phi) is 4.05. The van der Waals surface area contributed by atoms with Crippen LogP contribution in [0.3, 0.4) is 0 Å². The van der Waals surface area contributed by atoms with Gasteiger partial charge in [-0.15, -0.1) is 0 Å². The Balaban J connectivity index is 1.91. The molecule has 1 amide bonds. The highest BCUT2D eigenvalue weighted by molar-refractivity contribution is 5.82. The molecule has 0 aliphatic carbocycles. The first-order valence-electron chi connectivity index (χ1n) is 6.78. The van der Waals surface area contributed by atoms with E-state index in [2.05, 4.69) is 12.2 Å². The predicted molar refractivity (Wildman–Crippen MR) is 66.6 cm³/mol. The van der Waals surface area contributed by atoms with Gasteiger partial charge in [0.15, 0.2) is 0 Å². The van der Waals surface area contributed by atoms with E-state index in [9.17, 15) is 9.90 Å². The van der Waals surface area contributed by atoms with E-state index in [-0.39, 0.29) is 18.1 Å². The van der Waals surface area contributed by atoms with Crippen LogP contribution in [0.1, 0.15) is 33.1 Å². The van der Waals surface area contributed by atoms with E-state index in [1.807, 2.05) is 11.8 Å². The maximum absolute atomic E-state index is 12.3. The number of likely N-dealkylation sites (tertiary alicyclic amines) is 1. The lowest BCUT2D eigenvalue weighted by molar-refractivity contribution is -0.138. The third-order valence-corrected chi connectivity index (χ3v) is 4.19. The number of nitrogens with one attached hydrogen (secondary N) is 1. The van der Waals surface area contributed by atoms with Gasteiger partial charge >= 0.3 is 0 Å². The Labute approximate surface area is 103 Å². The van der Waals surface area contributed by atoms with Crippen LogP contribution in [0.4, 0.5) is 0 Å². The van der Waals surface area contributed by atoms with Crippen LogP contribution in [0, 0.1) is 11.8 Å². The summed E-state index contributed by atoms with van der Waals surface area (Å²) < 4.78 is 0. The molecule has 2 aliphatic rings. The Hall–Kier alpha value is -0.610. The van der Waals surface area contributed by atoms with Crippen LogP contribution in [0.2, 0.25) is 0 Å². The van der Waals surface area contributed by atoms with Gasteiger partial charge in [0.05, 0.1) is 12.1 Å². The minimum atomic E-state index is -0.353. The van der Waals surface area contributed by atoms with Crippen molar-refractivity contribution in [1.29, 1.82) is 0 Å². The molecule has 2 N–H and O–H groups in total. The van der Waals surface area contributed by atoms with Crippen molar-refractivity contribution in [1.82, 2.24) is 10.2 Å². The molecule has 2 heterocycles. The van der Waals surface area contributed by atoms with E-state index >= 15 is 0 Å². The van der Waals surface area contributed by atoms with Crippen LogP contribution in [0.25, 0.3) is 0 Å². The summed E-state index contributed by atoms with van der Waals surface area (Å²) >= 11 is 0. The molecular weight excluding hydrogens is 216 g/mol. The second-order valence-electron chi connectivity index (χ2n) is 5.75. The molecule has 0 saturated carbocycles. The first-order chi connectivity index (χ1) is 8.08. The SMILES string of the molecule is CC1CCNC(C(=O)N2CCC(C)C(O)C2)C1. The van der Waals surface area contributed by atoms with Crippen LogP contribution < -0.4 is 5.32 Å². The number of carbonyl (C=O) groups excluding carboxylic acids is 1. The third-order valence-electron chi connectivity index (χ3n) is 4.19. The van der Waals surface area contributed by atoms with E-state index in [0.29, 0.717) is 18.4 Å². The van der Waals surface area contributed by atoms with Crippen LogP contribution in [-0.2, 0) is 4.79 Å². The molecule has 0 radical (unpaired) electrons. The molecule has 2 rings (SSSR count). The Morgan fingerprint density at radius 2 is 2.12 bits per heavy atom. The topological polar surface area (TPSA) is 52.6 Å². The van der Waals surface area contributed by atoms with Crippen LogP contribution >= 0.6 is 0 Å². The fourth-order valence-corrected chi connectivity index (χ4v) is 2.77. The second kappa shape index (κ2) is 5.36. The van der Waals surface area contributed by atoms with Crippen LogP contribution in [-0.4, -0.2) is 47.7 Å². The van der Waals surface area contributed by atoms with Crippen molar-refractivity contribution in [3.8, 4) is 0 Å². The average molecular weight is 240 g/mol. The third kappa shape index (κ3) is 2.99. The number of hydrogen-bond acceptors (Lipinski definition) is 3. The van der Waals surface area contributed by atoms with Crippen molar-refractivity contribution >= 4 is 5.91 Å². The number of rotatable bonds is 1. The number of carbonyl (C=O) groups is 1. The van der Waals surface area contributed by atoms with Crippen molar-refractivity contribution in [2.24, 2.45) is 11.8 Å². The van der Waals surface area contributed by atoms with Crippen molar-refractivity contribution in [3.05, 3.63) is 0 Å². The summed E-state index contributed by atoms with van der Waals surface area (Å²) in [5, 5.41) is 13.1. The first kappa shape index (κ1) is 12.8. The van der Waals surface area contributed by atoms with Crippen molar-refractivity contribution < 1.29 is 9.90 Å². The molecule has 0 aromatic heterocycles. The van der Waals surface area contributed by atoms with Gasteiger partial charge in [0.1, 0.15) is 0 Å². The molecule has 0 bridgehead atoms. The average Bonchev–Trinajstić information content (AvgIpc) is 2.32. The van der Waals surface area contributed by atoms with Gasteiger partial charge in [-0.1, -0.05) is 13.8 Å².